The van der Waals surface area contributed by atoms with Crippen LogP contribution in [0.2, 0.25) is 0 Å². The minimum absolute atomic E-state index is 0.105. The molecular weight excluding hydrogens is 477 g/mol. The second-order valence-corrected chi connectivity index (χ2v) is 10.3. The Morgan fingerprint density at radius 2 is 1.36 bits per heavy atom. The molecule has 11 heteroatoms. The number of rotatable bonds is 9. The number of esters is 2. The lowest BCUT2D eigenvalue weighted by Crippen LogP contribution is -2.35. The maximum Gasteiger partial charge on any atom is 0.344 e. The number of benzene rings is 3. The monoisotopic (exact) mass is 500 g/mol. The van der Waals surface area contributed by atoms with Crippen molar-refractivity contribution in [3.05, 3.63) is 76.3 Å². The lowest BCUT2D eigenvalue weighted by Gasteiger charge is -2.24. The third-order valence-corrected chi connectivity index (χ3v) is 6.49. The standard InChI is InChI=1S/C25H23B3O7S/c1-25(2,14-36(31,32)33)35-24(30)21-8-4-5-18-19(21)6-3-7-20(18)23(29)34-22-16(12-27)9-15(11-26)10-17(22)13-28/h3-10H,11-14H2,1-2H3,(H,31,32,33). The third kappa shape index (κ3) is 6.39. The van der Waals surface area contributed by atoms with Gasteiger partial charge in [-0.1, -0.05) is 60.9 Å². The summed E-state index contributed by atoms with van der Waals surface area (Å²) >= 11 is 0. The van der Waals surface area contributed by atoms with E-state index in [9.17, 15) is 18.0 Å². The van der Waals surface area contributed by atoms with Gasteiger partial charge in [0.2, 0.25) is 0 Å². The predicted molar refractivity (Wildman–Crippen MR) is 140 cm³/mol. The summed E-state index contributed by atoms with van der Waals surface area (Å²) in [6.07, 6.45) is 0.486. The molecule has 0 amide bonds. The summed E-state index contributed by atoms with van der Waals surface area (Å²) < 4.78 is 42.8. The largest absolute Gasteiger partial charge is 0.455 e. The Bertz CT molecular complexity index is 1390. The van der Waals surface area contributed by atoms with Gasteiger partial charge in [-0.15, -0.1) is 0 Å². The topological polar surface area (TPSA) is 107 Å². The SMILES string of the molecule is [B]Cc1cc(C[B])c(OC(=O)c2cccc3c(C(=O)OC(C)(C)CS(=O)(=O)O)cccc23)c(C[B])c1. The molecule has 3 aromatic rings. The Hall–Kier alpha value is -3.04. The van der Waals surface area contributed by atoms with Crippen LogP contribution in [-0.2, 0) is 33.8 Å². The Morgan fingerprint density at radius 1 is 0.861 bits per heavy atom. The van der Waals surface area contributed by atoms with Crippen LogP contribution in [0.25, 0.3) is 10.8 Å². The van der Waals surface area contributed by atoms with Crippen molar-refractivity contribution in [2.24, 2.45) is 0 Å². The molecule has 0 fully saturated rings. The van der Waals surface area contributed by atoms with Crippen LogP contribution in [0.4, 0.5) is 0 Å². The molecule has 7 nitrogen and oxygen atoms in total. The van der Waals surface area contributed by atoms with Gasteiger partial charge in [0.1, 0.15) is 17.1 Å². The summed E-state index contributed by atoms with van der Waals surface area (Å²) in [6.45, 7) is 2.74. The average molecular weight is 500 g/mol. The number of carbonyl (C=O) groups excluding carboxylic acids is 2. The highest BCUT2D eigenvalue weighted by atomic mass is 32.2. The van der Waals surface area contributed by atoms with Gasteiger partial charge in [0.15, 0.2) is 0 Å². The lowest BCUT2D eigenvalue weighted by molar-refractivity contribution is 0.00805. The number of fused-ring (bicyclic) bond motifs is 1. The molecule has 0 saturated carbocycles. The molecule has 6 radical (unpaired) electrons. The zero-order valence-electron chi connectivity index (χ0n) is 20.0. The van der Waals surface area contributed by atoms with Crippen LogP contribution < -0.4 is 4.74 Å². The number of hydrogen-bond acceptors (Lipinski definition) is 6. The van der Waals surface area contributed by atoms with Gasteiger partial charge in [-0.2, -0.15) is 8.42 Å². The zero-order valence-corrected chi connectivity index (χ0v) is 20.8. The first-order chi connectivity index (χ1) is 16.9. The molecule has 0 heterocycles. The highest BCUT2D eigenvalue weighted by Gasteiger charge is 2.30. The van der Waals surface area contributed by atoms with Crippen molar-refractivity contribution in [1.29, 1.82) is 0 Å². The van der Waals surface area contributed by atoms with E-state index in [0.29, 0.717) is 21.9 Å². The van der Waals surface area contributed by atoms with Crippen molar-refractivity contribution >= 4 is 56.4 Å². The minimum atomic E-state index is -4.38. The smallest absolute Gasteiger partial charge is 0.344 e. The first kappa shape index (κ1) is 27.6. The minimum Gasteiger partial charge on any atom is -0.455 e. The molecule has 0 atom stereocenters. The number of ether oxygens (including phenoxy) is 2. The zero-order chi connectivity index (χ0) is 26.7. The van der Waals surface area contributed by atoms with Crippen LogP contribution in [0.3, 0.4) is 0 Å². The van der Waals surface area contributed by atoms with Crippen LogP contribution in [0.5, 0.6) is 5.75 Å². The molecule has 0 aromatic heterocycles. The molecule has 3 rings (SSSR count). The second kappa shape index (κ2) is 10.9. The summed E-state index contributed by atoms with van der Waals surface area (Å²) in [5.74, 6) is -2.00. The van der Waals surface area contributed by atoms with Crippen LogP contribution in [0, 0.1) is 0 Å². The van der Waals surface area contributed by atoms with Gasteiger partial charge in [0, 0.05) is 0 Å². The number of hydrogen-bond donors (Lipinski definition) is 1. The van der Waals surface area contributed by atoms with Crippen molar-refractivity contribution in [3.63, 3.8) is 0 Å². The highest BCUT2D eigenvalue weighted by Crippen LogP contribution is 2.30. The van der Waals surface area contributed by atoms with Gasteiger partial charge in [-0.3, -0.25) is 4.55 Å². The van der Waals surface area contributed by atoms with E-state index >= 15 is 0 Å². The normalized spacial score (nSPS) is 11.9. The fraction of sp³-hybridized carbons (Fsp3) is 0.280. The maximum absolute atomic E-state index is 13.2. The van der Waals surface area contributed by atoms with E-state index in [0.717, 1.165) is 5.56 Å². The van der Waals surface area contributed by atoms with Gasteiger partial charge in [-0.25, -0.2) is 9.59 Å². The van der Waals surface area contributed by atoms with E-state index < -0.39 is 33.4 Å². The second-order valence-electron chi connectivity index (χ2n) is 8.83. The van der Waals surface area contributed by atoms with Crippen molar-refractivity contribution in [2.45, 2.75) is 38.4 Å². The molecule has 3 aromatic carbocycles. The third-order valence-electron chi connectivity index (χ3n) is 5.43. The molecular formula is C25H23B3O7S. The summed E-state index contributed by atoms with van der Waals surface area (Å²) in [4.78, 5) is 26.2. The fourth-order valence-electron chi connectivity index (χ4n) is 3.97. The number of carbonyl (C=O) groups is 2. The average Bonchev–Trinajstić information content (AvgIpc) is 2.81. The van der Waals surface area contributed by atoms with Crippen LogP contribution >= 0.6 is 0 Å². The Labute approximate surface area is 214 Å². The molecule has 0 spiro atoms. The van der Waals surface area contributed by atoms with Crippen molar-refractivity contribution < 1.29 is 32.0 Å². The summed E-state index contributed by atoms with van der Waals surface area (Å²) in [5.41, 5.74) is 0.781. The van der Waals surface area contributed by atoms with E-state index in [1.165, 1.54) is 19.9 Å². The van der Waals surface area contributed by atoms with Gasteiger partial charge in [0.05, 0.1) is 34.7 Å². The lowest BCUT2D eigenvalue weighted by atomic mass is 9.85. The quantitative estimate of drug-likeness (QED) is 0.209. The Morgan fingerprint density at radius 3 is 1.81 bits per heavy atom. The summed E-state index contributed by atoms with van der Waals surface area (Å²) in [5, 5.41) is 0.822. The van der Waals surface area contributed by atoms with Crippen LogP contribution in [-0.4, -0.2) is 59.8 Å². The molecule has 0 unspecified atom stereocenters. The van der Waals surface area contributed by atoms with E-state index in [2.05, 4.69) is 0 Å². The molecule has 0 saturated heterocycles. The van der Waals surface area contributed by atoms with Crippen LogP contribution in [0.1, 0.15) is 51.3 Å². The molecule has 180 valence electrons. The van der Waals surface area contributed by atoms with Gasteiger partial charge < -0.3 is 9.47 Å². The first-order valence-electron chi connectivity index (χ1n) is 11.1. The molecule has 0 aliphatic carbocycles. The van der Waals surface area contributed by atoms with Gasteiger partial charge in [0.25, 0.3) is 10.1 Å². The fourth-order valence-corrected chi connectivity index (χ4v) is 4.90. The van der Waals surface area contributed by atoms with Crippen molar-refractivity contribution in [2.75, 3.05) is 5.75 Å². The summed E-state index contributed by atoms with van der Waals surface area (Å²) in [7, 11) is 13.1. The predicted octanol–water partition coefficient (Wildman–Crippen LogP) is 2.89. The van der Waals surface area contributed by atoms with Gasteiger partial charge in [-0.05, 0) is 47.9 Å². The van der Waals surface area contributed by atoms with E-state index in [1.807, 2.05) is 0 Å². The molecule has 0 aliphatic heterocycles. The summed E-state index contributed by atoms with van der Waals surface area (Å²) in [6, 6.07) is 13.0. The Kier molecular flexibility index (Phi) is 8.36. The first-order valence-corrected chi connectivity index (χ1v) is 12.7. The van der Waals surface area contributed by atoms with Gasteiger partial charge >= 0.3 is 11.9 Å². The molecule has 36 heavy (non-hydrogen) atoms. The molecule has 0 aliphatic rings. The highest BCUT2D eigenvalue weighted by molar-refractivity contribution is 7.85. The van der Waals surface area contributed by atoms with Crippen molar-refractivity contribution in [3.8, 4) is 5.75 Å². The van der Waals surface area contributed by atoms with Crippen molar-refractivity contribution in [1.82, 2.24) is 0 Å². The van der Waals surface area contributed by atoms with E-state index in [4.69, 9.17) is 37.6 Å². The molecule has 0 bridgehead atoms. The van der Waals surface area contributed by atoms with E-state index in [1.54, 1.807) is 42.5 Å². The van der Waals surface area contributed by atoms with E-state index in [-0.39, 0.29) is 35.8 Å². The maximum atomic E-state index is 13.2. The molecule has 1 N–H and O–H groups in total. The van der Waals surface area contributed by atoms with Crippen LogP contribution in [0.15, 0.2) is 48.5 Å². The Balaban J connectivity index is 1.99.